The smallest absolute Gasteiger partial charge is 0.274 e. The molecular weight excluding hydrogens is 344 g/mol. The molecule has 0 spiro atoms. The van der Waals surface area contributed by atoms with E-state index >= 15 is 0 Å². The molecule has 0 unspecified atom stereocenters. The molecule has 1 heterocycles. The van der Waals surface area contributed by atoms with Crippen LogP contribution in [0.2, 0.25) is 0 Å². The lowest BCUT2D eigenvalue weighted by atomic mass is 10.1. The summed E-state index contributed by atoms with van der Waals surface area (Å²) in [5.74, 6) is 0.180. The molecule has 0 atom stereocenters. The number of carbonyl (C=O) groups is 1. The number of aromatic nitrogens is 2. The van der Waals surface area contributed by atoms with Crippen LogP contribution >= 0.6 is 15.9 Å². The fourth-order valence-electron chi connectivity index (χ4n) is 1.83. The number of aryl methyl sites for hydroxylation is 1. The number of hydrogen-bond donors (Lipinski definition) is 2. The Morgan fingerprint density at radius 1 is 1.18 bits per heavy atom. The third-order valence-corrected chi connectivity index (χ3v) is 3.39. The maximum Gasteiger partial charge on any atom is 0.274 e. The largest absolute Gasteiger partial charge is 0.350 e. The van der Waals surface area contributed by atoms with Crippen LogP contribution in [-0.2, 0) is 0 Å². The van der Waals surface area contributed by atoms with Gasteiger partial charge in [0.15, 0.2) is 0 Å². The van der Waals surface area contributed by atoms with Crippen LogP contribution in [0.5, 0.6) is 0 Å². The van der Waals surface area contributed by atoms with Gasteiger partial charge in [0.05, 0.1) is 5.69 Å². The van der Waals surface area contributed by atoms with Gasteiger partial charge in [-0.1, -0.05) is 12.1 Å². The average molecular weight is 363 g/mol. The van der Waals surface area contributed by atoms with Crippen LogP contribution < -0.4 is 10.6 Å². The summed E-state index contributed by atoms with van der Waals surface area (Å²) in [6, 6.07) is 9.11. The van der Waals surface area contributed by atoms with E-state index in [0.29, 0.717) is 17.3 Å². The summed E-state index contributed by atoms with van der Waals surface area (Å²) in [7, 11) is 0. The number of rotatable bonds is 3. The molecule has 1 amide bonds. The molecule has 1 aromatic carbocycles. The van der Waals surface area contributed by atoms with Crippen LogP contribution in [0, 0.1) is 6.92 Å². The third kappa shape index (κ3) is 4.53. The molecule has 116 valence electrons. The number of para-hydroxylation sites is 1. The fourth-order valence-corrected chi connectivity index (χ4v) is 2.21. The van der Waals surface area contributed by atoms with Crippen molar-refractivity contribution in [3.05, 3.63) is 46.2 Å². The van der Waals surface area contributed by atoms with E-state index < -0.39 is 0 Å². The second-order valence-electron chi connectivity index (χ2n) is 6.03. The van der Waals surface area contributed by atoms with Crippen molar-refractivity contribution in [3.8, 4) is 0 Å². The maximum absolute atomic E-state index is 12.4. The van der Waals surface area contributed by atoms with Gasteiger partial charge in [-0.15, -0.1) is 0 Å². The van der Waals surface area contributed by atoms with Gasteiger partial charge in [-0.05, 0) is 61.8 Å². The van der Waals surface area contributed by atoms with E-state index in [0.717, 1.165) is 10.2 Å². The molecule has 0 aliphatic carbocycles. The van der Waals surface area contributed by atoms with Gasteiger partial charge in [0.2, 0.25) is 5.95 Å². The predicted molar refractivity (Wildman–Crippen MR) is 92.2 cm³/mol. The van der Waals surface area contributed by atoms with Crippen molar-refractivity contribution < 1.29 is 4.79 Å². The highest BCUT2D eigenvalue weighted by Gasteiger charge is 2.15. The average Bonchev–Trinajstić information content (AvgIpc) is 2.38. The van der Waals surface area contributed by atoms with Crippen molar-refractivity contribution in [1.29, 1.82) is 0 Å². The fraction of sp³-hybridized carbons (Fsp3) is 0.312. The summed E-state index contributed by atoms with van der Waals surface area (Å²) >= 11 is 3.41. The van der Waals surface area contributed by atoms with Gasteiger partial charge in [-0.3, -0.25) is 4.79 Å². The minimum absolute atomic E-state index is 0.177. The molecule has 2 rings (SSSR count). The Morgan fingerprint density at radius 2 is 1.86 bits per heavy atom. The molecule has 6 heteroatoms. The van der Waals surface area contributed by atoms with Gasteiger partial charge in [-0.25, -0.2) is 9.97 Å². The first-order valence-electron chi connectivity index (χ1n) is 6.94. The predicted octanol–water partition coefficient (Wildman–Crippen LogP) is 4.01. The third-order valence-electron chi connectivity index (χ3n) is 2.70. The van der Waals surface area contributed by atoms with E-state index in [2.05, 4.69) is 36.5 Å². The Kier molecular flexibility index (Phi) is 4.81. The van der Waals surface area contributed by atoms with E-state index in [4.69, 9.17) is 0 Å². The Hall–Kier alpha value is -1.95. The summed E-state index contributed by atoms with van der Waals surface area (Å²) in [6.45, 7) is 7.88. The molecule has 0 aliphatic rings. The van der Waals surface area contributed by atoms with Crippen LogP contribution in [0.3, 0.4) is 0 Å². The van der Waals surface area contributed by atoms with E-state index in [1.165, 1.54) is 0 Å². The molecule has 5 nitrogen and oxygen atoms in total. The molecular formula is C16H19BrN4O. The zero-order valence-corrected chi connectivity index (χ0v) is 14.7. The van der Waals surface area contributed by atoms with Crippen LogP contribution in [-0.4, -0.2) is 21.4 Å². The topological polar surface area (TPSA) is 66.9 Å². The number of carbonyl (C=O) groups excluding carboxylic acids is 1. The Labute approximate surface area is 138 Å². The lowest BCUT2D eigenvalue weighted by molar-refractivity contribution is 0.102. The highest BCUT2D eigenvalue weighted by Crippen LogP contribution is 2.22. The Morgan fingerprint density at radius 3 is 2.50 bits per heavy atom. The van der Waals surface area contributed by atoms with Crippen molar-refractivity contribution >= 4 is 33.5 Å². The SMILES string of the molecule is Cc1cc(C(=O)Nc2ccccc2Br)nc(NC(C)(C)C)n1. The first kappa shape index (κ1) is 16.4. The minimum Gasteiger partial charge on any atom is -0.350 e. The second-order valence-corrected chi connectivity index (χ2v) is 6.88. The highest BCUT2D eigenvalue weighted by molar-refractivity contribution is 9.10. The molecule has 0 bridgehead atoms. The van der Waals surface area contributed by atoms with E-state index in [1.807, 2.05) is 52.0 Å². The maximum atomic E-state index is 12.4. The van der Waals surface area contributed by atoms with Gasteiger partial charge in [0, 0.05) is 15.7 Å². The number of anilines is 2. The first-order valence-corrected chi connectivity index (χ1v) is 7.74. The van der Waals surface area contributed by atoms with E-state index in [9.17, 15) is 4.79 Å². The standard InChI is InChI=1S/C16H19BrN4O/c1-10-9-13(20-15(18-10)21-16(2,3)4)14(22)19-12-8-6-5-7-11(12)17/h5-9H,1-4H3,(H,19,22)(H,18,20,21). The summed E-state index contributed by atoms with van der Waals surface area (Å²) in [6.07, 6.45) is 0. The highest BCUT2D eigenvalue weighted by atomic mass is 79.9. The van der Waals surface area contributed by atoms with Crippen molar-refractivity contribution in [2.45, 2.75) is 33.2 Å². The van der Waals surface area contributed by atoms with Crippen molar-refractivity contribution in [2.24, 2.45) is 0 Å². The van der Waals surface area contributed by atoms with Crippen LogP contribution in [0.1, 0.15) is 37.0 Å². The lowest BCUT2D eigenvalue weighted by Gasteiger charge is -2.20. The van der Waals surface area contributed by atoms with Crippen LogP contribution in [0.4, 0.5) is 11.6 Å². The second kappa shape index (κ2) is 6.44. The molecule has 1 aromatic heterocycles. The van der Waals surface area contributed by atoms with Gasteiger partial charge >= 0.3 is 0 Å². The first-order chi connectivity index (χ1) is 10.2. The Balaban J connectivity index is 2.24. The number of nitrogens with zero attached hydrogens (tertiary/aromatic N) is 2. The summed E-state index contributed by atoms with van der Waals surface area (Å²) in [5.41, 5.74) is 1.59. The van der Waals surface area contributed by atoms with Crippen molar-refractivity contribution in [2.75, 3.05) is 10.6 Å². The minimum atomic E-state index is -0.269. The van der Waals surface area contributed by atoms with Gasteiger partial charge < -0.3 is 10.6 Å². The number of hydrogen-bond acceptors (Lipinski definition) is 4. The molecule has 0 aliphatic heterocycles. The molecule has 0 fully saturated rings. The summed E-state index contributed by atoms with van der Waals surface area (Å²) in [5, 5.41) is 6.02. The molecule has 2 N–H and O–H groups in total. The summed E-state index contributed by atoms with van der Waals surface area (Å²) in [4.78, 5) is 21.0. The normalized spacial score (nSPS) is 11.1. The zero-order chi connectivity index (χ0) is 16.3. The summed E-state index contributed by atoms with van der Waals surface area (Å²) < 4.78 is 0.821. The quantitative estimate of drug-likeness (QED) is 0.865. The van der Waals surface area contributed by atoms with E-state index in [1.54, 1.807) is 6.07 Å². The molecule has 22 heavy (non-hydrogen) atoms. The van der Waals surface area contributed by atoms with Crippen molar-refractivity contribution in [1.82, 2.24) is 9.97 Å². The molecule has 2 aromatic rings. The molecule has 0 radical (unpaired) electrons. The van der Waals surface area contributed by atoms with Gasteiger partial charge in [0.25, 0.3) is 5.91 Å². The van der Waals surface area contributed by atoms with Gasteiger partial charge in [-0.2, -0.15) is 0 Å². The van der Waals surface area contributed by atoms with Crippen molar-refractivity contribution in [3.63, 3.8) is 0 Å². The van der Waals surface area contributed by atoms with Crippen LogP contribution in [0.25, 0.3) is 0 Å². The number of benzene rings is 1. The number of halogens is 1. The Bertz CT molecular complexity index is 695. The monoisotopic (exact) mass is 362 g/mol. The number of amides is 1. The molecule has 0 saturated carbocycles. The zero-order valence-electron chi connectivity index (χ0n) is 13.1. The molecule has 0 saturated heterocycles. The van der Waals surface area contributed by atoms with Gasteiger partial charge in [0.1, 0.15) is 5.69 Å². The van der Waals surface area contributed by atoms with E-state index in [-0.39, 0.29) is 11.4 Å². The number of nitrogens with one attached hydrogen (secondary N) is 2. The van der Waals surface area contributed by atoms with Crippen LogP contribution in [0.15, 0.2) is 34.8 Å². The lowest BCUT2D eigenvalue weighted by Crippen LogP contribution is -2.28.